The Labute approximate surface area is 207 Å². The minimum absolute atomic E-state index is 0.379. The average Bonchev–Trinajstić information content (AvgIpc) is 3.25. The van der Waals surface area contributed by atoms with E-state index in [0.29, 0.717) is 23.9 Å². The number of hydrogen-bond donors (Lipinski definition) is 0. The highest BCUT2D eigenvalue weighted by Crippen LogP contribution is 2.27. The molecule has 1 aromatic heterocycles. The lowest BCUT2D eigenvalue weighted by Crippen LogP contribution is -2.37. The SMILES string of the molecule is CCCCCCn1c(-c2ccc(S(=O)(=O)N3CCC(C)CC3)cc2)csc1=Nc1ccccc1. The number of sulfonamides is 1. The molecule has 5 nitrogen and oxygen atoms in total. The number of piperidine rings is 1. The van der Waals surface area contributed by atoms with Crippen LogP contribution < -0.4 is 4.80 Å². The van der Waals surface area contributed by atoms with Gasteiger partial charge in [-0.15, -0.1) is 11.3 Å². The van der Waals surface area contributed by atoms with Gasteiger partial charge in [-0.05, 0) is 55.0 Å². The van der Waals surface area contributed by atoms with Crippen molar-refractivity contribution in [3.8, 4) is 11.3 Å². The van der Waals surface area contributed by atoms with Crippen molar-refractivity contribution in [3.63, 3.8) is 0 Å². The van der Waals surface area contributed by atoms with Gasteiger partial charge in [-0.1, -0.05) is 63.4 Å². The molecule has 1 aliphatic heterocycles. The number of para-hydroxylation sites is 1. The van der Waals surface area contributed by atoms with Crippen LogP contribution >= 0.6 is 11.3 Å². The van der Waals surface area contributed by atoms with E-state index in [0.717, 1.165) is 47.6 Å². The van der Waals surface area contributed by atoms with E-state index < -0.39 is 10.0 Å². The van der Waals surface area contributed by atoms with Crippen molar-refractivity contribution >= 4 is 27.0 Å². The Kier molecular flexibility index (Phi) is 8.40. The molecule has 2 heterocycles. The molecule has 0 spiro atoms. The molecule has 0 bridgehead atoms. The van der Waals surface area contributed by atoms with Crippen LogP contribution in [0.3, 0.4) is 0 Å². The van der Waals surface area contributed by atoms with Crippen LogP contribution in [0, 0.1) is 5.92 Å². The summed E-state index contributed by atoms with van der Waals surface area (Å²) in [4.78, 5) is 6.24. The van der Waals surface area contributed by atoms with Crippen LogP contribution in [0.1, 0.15) is 52.4 Å². The molecule has 4 rings (SSSR count). The first-order chi connectivity index (χ1) is 16.5. The highest BCUT2D eigenvalue weighted by atomic mass is 32.2. The van der Waals surface area contributed by atoms with E-state index in [1.165, 1.54) is 19.3 Å². The molecule has 182 valence electrons. The van der Waals surface area contributed by atoms with Crippen molar-refractivity contribution in [1.29, 1.82) is 0 Å². The van der Waals surface area contributed by atoms with Gasteiger partial charge in [0.15, 0.2) is 4.80 Å². The maximum atomic E-state index is 13.1. The Morgan fingerprint density at radius 1 is 0.971 bits per heavy atom. The summed E-state index contributed by atoms with van der Waals surface area (Å²) in [7, 11) is -3.44. The third kappa shape index (κ3) is 5.88. The minimum atomic E-state index is -3.44. The lowest BCUT2D eigenvalue weighted by molar-refractivity contribution is 0.288. The van der Waals surface area contributed by atoms with E-state index in [1.54, 1.807) is 27.8 Å². The zero-order valence-electron chi connectivity index (χ0n) is 20.2. The lowest BCUT2D eigenvalue weighted by Gasteiger charge is -2.29. The van der Waals surface area contributed by atoms with Crippen molar-refractivity contribution in [2.45, 2.75) is 63.8 Å². The summed E-state index contributed by atoms with van der Waals surface area (Å²) in [6.07, 6.45) is 6.58. The molecular formula is C27H35N3O2S2. The topological polar surface area (TPSA) is 54.7 Å². The maximum absolute atomic E-state index is 13.1. The van der Waals surface area contributed by atoms with Crippen LogP contribution in [0.25, 0.3) is 11.3 Å². The summed E-state index contributed by atoms with van der Waals surface area (Å²) in [5.74, 6) is 0.593. The van der Waals surface area contributed by atoms with Gasteiger partial charge < -0.3 is 4.57 Å². The first-order valence-corrected chi connectivity index (χ1v) is 14.7. The summed E-state index contributed by atoms with van der Waals surface area (Å²) in [5.41, 5.74) is 3.05. The predicted molar refractivity (Wildman–Crippen MR) is 141 cm³/mol. The largest absolute Gasteiger partial charge is 0.316 e. The molecule has 0 aliphatic carbocycles. The molecule has 7 heteroatoms. The molecule has 34 heavy (non-hydrogen) atoms. The second-order valence-electron chi connectivity index (χ2n) is 9.17. The van der Waals surface area contributed by atoms with Crippen LogP contribution in [0.2, 0.25) is 0 Å². The molecule has 0 radical (unpaired) electrons. The van der Waals surface area contributed by atoms with Gasteiger partial charge in [0.05, 0.1) is 16.3 Å². The molecule has 0 amide bonds. The molecule has 1 fully saturated rings. The van der Waals surface area contributed by atoms with Gasteiger partial charge in [0.2, 0.25) is 10.0 Å². The van der Waals surface area contributed by atoms with E-state index in [4.69, 9.17) is 4.99 Å². The summed E-state index contributed by atoms with van der Waals surface area (Å²) in [6.45, 7) is 6.53. The van der Waals surface area contributed by atoms with Crippen molar-refractivity contribution < 1.29 is 8.42 Å². The molecule has 1 saturated heterocycles. The number of nitrogens with zero attached hydrogens (tertiary/aromatic N) is 3. The highest BCUT2D eigenvalue weighted by molar-refractivity contribution is 7.89. The Bertz CT molecular complexity index is 1220. The van der Waals surface area contributed by atoms with Gasteiger partial charge in [-0.25, -0.2) is 13.4 Å². The van der Waals surface area contributed by atoms with Gasteiger partial charge in [-0.2, -0.15) is 4.31 Å². The molecular weight excluding hydrogens is 462 g/mol. The molecule has 2 aromatic carbocycles. The Morgan fingerprint density at radius 2 is 1.68 bits per heavy atom. The van der Waals surface area contributed by atoms with E-state index in [1.807, 2.05) is 42.5 Å². The molecule has 0 unspecified atom stereocenters. The van der Waals surface area contributed by atoms with E-state index in [9.17, 15) is 8.42 Å². The minimum Gasteiger partial charge on any atom is -0.316 e. The van der Waals surface area contributed by atoms with Gasteiger partial charge in [-0.3, -0.25) is 0 Å². The normalized spacial score (nSPS) is 16.2. The first-order valence-electron chi connectivity index (χ1n) is 12.4. The smallest absolute Gasteiger partial charge is 0.243 e. The number of unbranched alkanes of at least 4 members (excludes halogenated alkanes) is 3. The monoisotopic (exact) mass is 497 g/mol. The molecule has 1 aliphatic rings. The van der Waals surface area contributed by atoms with Gasteiger partial charge in [0.1, 0.15) is 0 Å². The number of benzene rings is 2. The first kappa shape index (κ1) is 24.9. The second-order valence-corrected chi connectivity index (χ2v) is 11.9. The number of hydrogen-bond acceptors (Lipinski definition) is 4. The fraction of sp³-hybridized carbons (Fsp3) is 0.444. The van der Waals surface area contributed by atoms with Gasteiger partial charge in [0.25, 0.3) is 0 Å². The Morgan fingerprint density at radius 3 is 2.35 bits per heavy atom. The third-order valence-electron chi connectivity index (χ3n) is 6.54. The quantitative estimate of drug-likeness (QED) is 0.319. The molecule has 0 saturated carbocycles. The van der Waals surface area contributed by atoms with Crippen LogP contribution in [0.4, 0.5) is 5.69 Å². The van der Waals surface area contributed by atoms with Crippen molar-refractivity contribution in [2.24, 2.45) is 10.9 Å². The zero-order valence-corrected chi connectivity index (χ0v) is 21.8. The summed E-state index contributed by atoms with van der Waals surface area (Å²) in [6, 6.07) is 17.4. The number of aromatic nitrogens is 1. The highest BCUT2D eigenvalue weighted by Gasteiger charge is 2.28. The van der Waals surface area contributed by atoms with Crippen molar-refractivity contribution in [2.75, 3.05) is 13.1 Å². The fourth-order valence-electron chi connectivity index (χ4n) is 4.35. The number of thiazole rings is 1. The molecule has 0 atom stereocenters. The third-order valence-corrected chi connectivity index (χ3v) is 9.32. The van der Waals surface area contributed by atoms with Crippen LogP contribution in [-0.2, 0) is 16.6 Å². The molecule has 0 N–H and O–H groups in total. The Balaban J connectivity index is 1.62. The maximum Gasteiger partial charge on any atom is 0.243 e. The van der Waals surface area contributed by atoms with E-state index in [-0.39, 0.29) is 0 Å². The zero-order chi connectivity index (χ0) is 24.0. The Hall–Kier alpha value is -2.22. The lowest BCUT2D eigenvalue weighted by atomic mass is 10.0. The van der Waals surface area contributed by atoms with Crippen LogP contribution in [0.15, 0.2) is 69.9 Å². The fourth-order valence-corrected chi connectivity index (χ4v) is 6.77. The summed E-state index contributed by atoms with van der Waals surface area (Å²) >= 11 is 1.63. The van der Waals surface area contributed by atoms with E-state index >= 15 is 0 Å². The summed E-state index contributed by atoms with van der Waals surface area (Å²) in [5, 5.41) is 2.14. The average molecular weight is 498 g/mol. The van der Waals surface area contributed by atoms with E-state index in [2.05, 4.69) is 23.8 Å². The summed E-state index contributed by atoms with van der Waals surface area (Å²) < 4.78 is 30.2. The predicted octanol–water partition coefficient (Wildman–Crippen LogP) is 6.45. The standard InChI is InChI=1S/C27H35N3O2S2/c1-3-4-5-9-18-30-26(21-33-27(30)28-24-10-7-6-8-11-24)23-12-14-25(15-13-23)34(31,32)29-19-16-22(2)17-20-29/h6-8,10-15,21-22H,3-5,9,16-20H2,1-2H3. The van der Waals surface area contributed by atoms with Gasteiger partial charge in [0, 0.05) is 25.0 Å². The van der Waals surface area contributed by atoms with Crippen LogP contribution in [-0.4, -0.2) is 30.4 Å². The molecule has 3 aromatic rings. The van der Waals surface area contributed by atoms with Crippen molar-refractivity contribution in [1.82, 2.24) is 8.87 Å². The van der Waals surface area contributed by atoms with Crippen molar-refractivity contribution in [3.05, 3.63) is 64.8 Å². The van der Waals surface area contributed by atoms with Crippen LogP contribution in [0.5, 0.6) is 0 Å². The number of rotatable bonds is 9. The second kappa shape index (κ2) is 11.5. The van der Waals surface area contributed by atoms with Gasteiger partial charge >= 0.3 is 0 Å².